The summed E-state index contributed by atoms with van der Waals surface area (Å²) in [4.78, 5) is 0. The Morgan fingerprint density at radius 2 is 1.93 bits per heavy atom. The summed E-state index contributed by atoms with van der Waals surface area (Å²) in [6.45, 7) is 1.01. The summed E-state index contributed by atoms with van der Waals surface area (Å²) in [6, 6.07) is 0. The van der Waals surface area contributed by atoms with Crippen LogP contribution in [0.1, 0.15) is 0 Å². The number of hydrogen-bond donors (Lipinski definition) is 0. The lowest BCUT2D eigenvalue weighted by Gasteiger charge is -2.26. The van der Waals surface area contributed by atoms with Crippen molar-refractivity contribution >= 4 is 0 Å². The van der Waals surface area contributed by atoms with Gasteiger partial charge < -0.3 is 23.7 Å². The lowest BCUT2D eigenvalue weighted by atomic mass is 10.1. The quantitative estimate of drug-likeness (QED) is 0.634. The van der Waals surface area contributed by atoms with Gasteiger partial charge in [-0.15, -0.1) is 0 Å². The Morgan fingerprint density at radius 1 is 1.20 bits per heavy atom. The van der Waals surface area contributed by atoms with Crippen LogP contribution in [0.4, 0.5) is 0 Å². The molecule has 0 radical (unpaired) electrons. The molecule has 5 nitrogen and oxygen atoms in total. The first-order valence-electron chi connectivity index (χ1n) is 4.97. The van der Waals surface area contributed by atoms with Gasteiger partial charge in [0.05, 0.1) is 13.2 Å². The molecule has 0 aliphatic carbocycles. The van der Waals surface area contributed by atoms with E-state index < -0.39 is 0 Å². The molecule has 0 amide bonds. The van der Waals surface area contributed by atoms with Gasteiger partial charge in [0.2, 0.25) is 0 Å². The molecule has 1 aliphatic heterocycles. The zero-order valence-electron chi connectivity index (χ0n) is 9.76. The lowest BCUT2D eigenvalue weighted by Crippen LogP contribution is -2.43. The van der Waals surface area contributed by atoms with Gasteiger partial charge in [0, 0.05) is 28.4 Å². The van der Waals surface area contributed by atoms with Crippen molar-refractivity contribution in [1.29, 1.82) is 0 Å². The van der Waals surface area contributed by atoms with E-state index in [4.69, 9.17) is 23.7 Å². The summed E-state index contributed by atoms with van der Waals surface area (Å²) in [7, 11) is 6.58. The van der Waals surface area contributed by atoms with Crippen LogP contribution in [0.15, 0.2) is 0 Å². The second-order valence-corrected chi connectivity index (χ2v) is 3.50. The summed E-state index contributed by atoms with van der Waals surface area (Å²) < 4.78 is 26.6. The second kappa shape index (κ2) is 6.40. The summed E-state index contributed by atoms with van der Waals surface area (Å²) in [5.74, 6) is 0. The molecule has 0 aromatic rings. The lowest BCUT2D eigenvalue weighted by molar-refractivity contribution is -0.102. The Morgan fingerprint density at radius 3 is 2.40 bits per heavy atom. The van der Waals surface area contributed by atoms with E-state index in [1.807, 2.05) is 0 Å². The first-order valence-corrected chi connectivity index (χ1v) is 4.97. The largest absolute Gasteiger partial charge is 0.382 e. The smallest absolute Gasteiger partial charge is 0.115 e. The second-order valence-electron chi connectivity index (χ2n) is 3.50. The average Bonchev–Trinajstić information content (AvgIpc) is 2.68. The molecule has 15 heavy (non-hydrogen) atoms. The van der Waals surface area contributed by atoms with Crippen LogP contribution in [0.5, 0.6) is 0 Å². The summed E-state index contributed by atoms with van der Waals surface area (Å²) in [5.41, 5.74) is 0. The monoisotopic (exact) mass is 220 g/mol. The number of methoxy groups -OCH3 is 4. The third-order valence-corrected chi connectivity index (χ3v) is 2.72. The van der Waals surface area contributed by atoms with Gasteiger partial charge in [0.1, 0.15) is 24.4 Å². The third kappa shape index (κ3) is 2.89. The minimum Gasteiger partial charge on any atom is -0.382 e. The van der Waals surface area contributed by atoms with Crippen molar-refractivity contribution in [3.05, 3.63) is 0 Å². The SMILES string of the molecule is COC[C@H](OC)[C@H]1OC[C@@H](OC)[C@@H]1OC. The van der Waals surface area contributed by atoms with E-state index in [1.165, 1.54) is 0 Å². The minimum absolute atomic E-state index is 0.0329. The van der Waals surface area contributed by atoms with Crippen molar-refractivity contribution in [2.45, 2.75) is 24.4 Å². The maximum Gasteiger partial charge on any atom is 0.115 e. The Labute approximate surface area is 90.6 Å². The fourth-order valence-electron chi connectivity index (χ4n) is 1.88. The van der Waals surface area contributed by atoms with E-state index >= 15 is 0 Å². The zero-order chi connectivity index (χ0) is 11.3. The van der Waals surface area contributed by atoms with Crippen LogP contribution in [0.25, 0.3) is 0 Å². The van der Waals surface area contributed by atoms with E-state index in [9.17, 15) is 0 Å². The molecule has 1 saturated heterocycles. The van der Waals surface area contributed by atoms with Crippen molar-refractivity contribution in [2.75, 3.05) is 41.7 Å². The van der Waals surface area contributed by atoms with Crippen molar-refractivity contribution < 1.29 is 23.7 Å². The van der Waals surface area contributed by atoms with E-state index in [-0.39, 0.29) is 24.4 Å². The molecule has 5 heteroatoms. The van der Waals surface area contributed by atoms with E-state index in [0.29, 0.717) is 13.2 Å². The summed E-state index contributed by atoms with van der Waals surface area (Å²) >= 11 is 0. The first-order chi connectivity index (χ1) is 7.28. The molecule has 0 saturated carbocycles. The Bertz CT molecular complexity index is 175. The molecule has 0 bridgehead atoms. The molecule has 0 aromatic heterocycles. The van der Waals surface area contributed by atoms with Gasteiger partial charge in [-0.2, -0.15) is 0 Å². The fraction of sp³-hybridized carbons (Fsp3) is 1.00. The molecule has 0 N–H and O–H groups in total. The van der Waals surface area contributed by atoms with Gasteiger partial charge in [-0.05, 0) is 0 Å². The van der Waals surface area contributed by atoms with Crippen LogP contribution < -0.4 is 0 Å². The average molecular weight is 220 g/mol. The molecule has 90 valence electrons. The van der Waals surface area contributed by atoms with E-state index in [1.54, 1.807) is 28.4 Å². The Hall–Kier alpha value is -0.200. The molecule has 1 fully saturated rings. The summed E-state index contributed by atoms with van der Waals surface area (Å²) in [6.07, 6.45) is -0.394. The summed E-state index contributed by atoms with van der Waals surface area (Å²) in [5, 5.41) is 0. The van der Waals surface area contributed by atoms with Gasteiger partial charge >= 0.3 is 0 Å². The maximum absolute atomic E-state index is 5.61. The molecular weight excluding hydrogens is 200 g/mol. The molecule has 1 rings (SSSR count). The minimum atomic E-state index is -0.134. The van der Waals surface area contributed by atoms with E-state index in [2.05, 4.69) is 0 Å². The van der Waals surface area contributed by atoms with Crippen LogP contribution in [0.3, 0.4) is 0 Å². The molecule has 1 heterocycles. The van der Waals surface area contributed by atoms with Crippen LogP contribution in [-0.4, -0.2) is 66.1 Å². The highest BCUT2D eigenvalue weighted by molar-refractivity contribution is 4.90. The molecule has 0 aromatic carbocycles. The highest BCUT2D eigenvalue weighted by Crippen LogP contribution is 2.23. The van der Waals surface area contributed by atoms with Gasteiger partial charge in [0.25, 0.3) is 0 Å². The van der Waals surface area contributed by atoms with Gasteiger partial charge in [-0.3, -0.25) is 0 Å². The van der Waals surface area contributed by atoms with Crippen molar-refractivity contribution in [3.8, 4) is 0 Å². The normalized spacial score (nSPS) is 33.2. The Balaban J connectivity index is 2.59. The Kier molecular flexibility index (Phi) is 5.49. The predicted octanol–water partition coefficient (Wildman–Crippen LogP) is 0.0766. The van der Waals surface area contributed by atoms with Crippen LogP contribution in [-0.2, 0) is 23.7 Å². The van der Waals surface area contributed by atoms with Gasteiger partial charge in [-0.25, -0.2) is 0 Å². The van der Waals surface area contributed by atoms with E-state index in [0.717, 1.165) is 0 Å². The van der Waals surface area contributed by atoms with Crippen molar-refractivity contribution in [1.82, 2.24) is 0 Å². The molecule has 1 aliphatic rings. The van der Waals surface area contributed by atoms with Crippen LogP contribution in [0.2, 0.25) is 0 Å². The topological polar surface area (TPSA) is 46.2 Å². The van der Waals surface area contributed by atoms with Gasteiger partial charge in [-0.1, -0.05) is 0 Å². The first kappa shape index (κ1) is 12.9. The van der Waals surface area contributed by atoms with Crippen LogP contribution in [0, 0.1) is 0 Å². The molecule has 0 unspecified atom stereocenters. The van der Waals surface area contributed by atoms with Gasteiger partial charge in [0.15, 0.2) is 0 Å². The zero-order valence-corrected chi connectivity index (χ0v) is 9.76. The highest BCUT2D eigenvalue weighted by atomic mass is 16.6. The predicted molar refractivity (Wildman–Crippen MR) is 54.0 cm³/mol. The standard InChI is InChI=1S/C10H20O5/c1-11-5-7(12-2)10-9(14-4)8(13-3)6-15-10/h7-10H,5-6H2,1-4H3/t7-,8+,9-,10+/m0/s1. The number of rotatable bonds is 6. The highest BCUT2D eigenvalue weighted by Gasteiger charge is 2.42. The fourth-order valence-corrected chi connectivity index (χ4v) is 1.88. The van der Waals surface area contributed by atoms with Crippen molar-refractivity contribution in [3.63, 3.8) is 0 Å². The van der Waals surface area contributed by atoms with Crippen molar-refractivity contribution in [2.24, 2.45) is 0 Å². The third-order valence-electron chi connectivity index (χ3n) is 2.72. The molecule has 0 spiro atoms. The number of hydrogen-bond acceptors (Lipinski definition) is 5. The van der Waals surface area contributed by atoms with Crippen LogP contribution >= 0.6 is 0 Å². The molecular formula is C10H20O5. The maximum atomic E-state index is 5.61. The number of ether oxygens (including phenoxy) is 5. The molecule has 4 atom stereocenters.